The summed E-state index contributed by atoms with van der Waals surface area (Å²) in [6.07, 6.45) is -4.41. The van der Waals surface area contributed by atoms with Crippen LogP contribution in [0.25, 0.3) is 0 Å². The van der Waals surface area contributed by atoms with Crippen LogP contribution in [0.15, 0.2) is 60.0 Å². The lowest BCUT2D eigenvalue weighted by atomic mass is 10.1. The third-order valence-corrected chi connectivity index (χ3v) is 4.44. The summed E-state index contributed by atoms with van der Waals surface area (Å²) < 4.78 is 40.3. The zero-order valence-corrected chi connectivity index (χ0v) is 15.8. The molecule has 1 amide bonds. The molecule has 28 heavy (non-hydrogen) atoms. The second kappa shape index (κ2) is 9.98. The highest BCUT2D eigenvalue weighted by molar-refractivity contribution is 7.13. The Kier molecular flexibility index (Phi) is 5.09. The minimum Gasteiger partial charge on any atom is -0.387 e. The molecule has 0 aliphatic carbocycles. The molecular formula is C21H24N4O2S. The lowest BCUT2D eigenvalue weighted by Crippen LogP contribution is -2.23. The number of carbonyl (C=O) groups is 1. The van der Waals surface area contributed by atoms with Gasteiger partial charge in [-0.15, -0.1) is 11.3 Å². The summed E-state index contributed by atoms with van der Waals surface area (Å²) in [5, 5.41) is 17.1. The summed E-state index contributed by atoms with van der Waals surface area (Å²) >= 11 is 1.05. The molecule has 0 bridgehead atoms. The monoisotopic (exact) mass is 401 g/mol. The van der Waals surface area contributed by atoms with Gasteiger partial charge in [0.1, 0.15) is 0 Å². The zero-order chi connectivity index (χ0) is 24.3. The van der Waals surface area contributed by atoms with Gasteiger partial charge in [0.05, 0.1) is 19.5 Å². The first-order valence-corrected chi connectivity index (χ1v) is 9.46. The van der Waals surface area contributed by atoms with Crippen molar-refractivity contribution in [1.29, 1.82) is 0 Å². The van der Waals surface area contributed by atoms with Crippen molar-refractivity contribution in [3.8, 4) is 0 Å². The molecule has 5 N–H and O–H groups in total. The molecular weight excluding hydrogens is 372 g/mol. The Morgan fingerprint density at radius 2 is 2.00 bits per heavy atom. The van der Waals surface area contributed by atoms with Gasteiger partial charge in [-0.2, -0.15) is 0 Å². The van der Waals surface area contributed by atoms with E-state index in [4.69, 9.17) is 12.6 Å². The molecule has 0 saturated heterocycles. The molecule has 0 aliphatic rings. The quantitative estimate of drug-likeness (QED) is 0.442. The Morgan fingerprint density at radius 3 is 2.68 bits per heavy atom. The van der Waals surface area contributed by atoms with Crippen LogP contribution in [0.2, 0.25) is 0 Å². The van der Waals surface area contributed by atoms with Crippen molar-refractivity contribution in [3.05, 3.63) is 76.8 Å². The minimum atomic E-state index is -2.47. The SMILES string of the molecule is [2H]C([2H])(C(=O)Nc1ccc(CCNC([2H])([2H])[C@]([2H])(O)c2ccccc2)cc1)c1csc(N)n1. The first-order chi connectivity index (χ1) is 15.4. The summed E-state index contributed by atoms with van der Waals surface area (Å²) in [5.41, 5.74) is 6.82. The van der Waals surface area contributed by atoms with Gasteiger partial charge in [-0.05, 0) is 36.2 Å². The number of nitrogens with one attached hydrogen (secondary N) is 2. The molecule has 0 radical (unpaired) electrons. The number of amides is 1. The maximum absolute atomic E-state index is 12.4. The fraction of sp³-hybridized carbons (Fsp3) is 0.238. The van der Waals surface area contributed by atoms with Crippen LogP contribution in [0.1, 0.15) is 29.8 Å². The number of thiazole rings is 1. The number of hydrogen-bond donors (Lipinski definition) is 4. The highest BCUT2D eigenvalue weighted by Crippen LogP contribution is 2.14. The Balaban J connectivity index is 1.56. The van der Waals surface area contributed by atoms with Gasteiger partial charge in [0.15, 0.2) is 5.13 Å². The lowest BCUT2D eigenvalue weighted by molar-refractivity contribution is -0.115. The number of carbonyl (C=O) groups excluding carboxylic acids is 1. The molecule has 1 aromatic heterocycles. The lowest BCUT2D eigenvalue weighted by Gasteiger charge is -2.12. The van der Waals surface area contributed by atoms with E-state index in [0.29, 0.717) is 12.1 Å². The Bertz CT molecular complexity index is 1090. The van der Waals surface area contributed by atoms with Crippen LogP contribution in [0.5, 0.6) is 0 Å². The highest BCUT2D eigenvalue weighted by atomic mass is 32.1. The van der Waals surface area contributed by atoms with E-state index >= 15 is 0 Å². The van der Waals surface area contributed by atoms with Gasteiger partial charge >= 0.3 is 0 Å². The maximum atomic E-state index is 12.4. The van der Waals surface area contributed by atoms with Crippen LogP contribution in [0, 0.1) is 0 Å². The topological polar surface area (TPSA) is 100 Å². The van der Waals surface area contributed by atoms with Crippen molar-refractivity contribution in [3.63, 3.8) is 0 Å². The van der Waals surface area contributed by atoms with Crippen LogP contribution in [-0.2, 0) is 17.6 Å². The fourth-order valence-corrected chi connectivity index (χ4v) is 2.89. The van der Waals surface area contributed by atoms with Crippen LogP contribution >= 0.6 is 11.3 Å². The normalized spacial score (nSPS) is 16.7. The Morgan fingerprint density at radius 1 is 1.25 bits per heavy atom. The van der Waals surface area contributed by atoms with E-state index in [2.05, 4.69) is 15.6 Å². The average molecular weight is 402 g/mol. The number of nitrogen functional groups attached to an aromatic ring is 1. The van der Waals surface area contributed by atoms with E-state index in [1.165, 1.54) is 17.5 Å². The molecule has 7 heteroatoms. The molecule has 0 fully saturated rings. The van der Waals surface area contributed by atoms with Gasteiger partial charge in [0, 0.05) is 23.0 Å². The number of rotatable bonds is 9. The first-order valence-electron chi connectivity index (χ1n) is 11.1. The van der Waals surface area contributed by atoms with Crippen molar-refractivity contribution >= 4 is 28.1 Å². The molecule has 2 aromatic carbocycles. The van der Waals surface area contributed by atoms with Gasteiger partial charge < -0.3 is 21.5 Å². The van der Waals surface area contributed by atoms with Crippen molar-refractivity contribution in [2.24, 2.45) is 0 Å². The van der Waals surface area contributed by atoms with E-state index in [9.17, 15) is 9.90 Å². The second-order valence-corrected chi connectivity index (χ2v) is 6.75. The zero-order valence-electron chi connectivity index (χ0n) is 20.0. The standard InChI is InChI=1S/C21H24N4O2S/c22-21-25-18(14-28-21)12-20(27)24-17-8-6-15(7-9-17)10-11-23-13-19(26)16-4-2-1-3-5-16/h1-9,14,19,23,26H,10-13H2,(H2,22,25)(H,24,27)/t19-/m0/s1/i12D2,13D2,19D. The molecule has 3 aromatic rings. The summed E-state index contributed by atoms with van der Waals surface area (Å²) in [5.74, 6) is -0.869. The van der Waals surface area contributed by atoms with E-state index in [0.717, 1.165) is 16.9 Å². The molecule has 1 heterocycles. The molecule has 6 nitrogen and oxygen atoms in total. The van der Waals surface area contributed by atoms with E-state index < -0.39 is 24.9 Å². The summed E-state index contributed by atoms with van der Waals surface area (Å²) in [6.45, 7) is -2.24. The molecule has 0 spiro atoms. The van der Waals surface area contributed by atoms with Crippen molar-refractivity contribution in [2.45, 2.75) is 18.9 Å². The number of benzene rings is 2. The number of aliphatic hydroxyl groups is 1. The smallest absolute Gasteiger partial charge is 0.230 e. The number of hydrogen-bond acceptors (Lipinski definition) is 6. The largest absolute Gasteiger partial charge is 0.387 e. The van der Waals surface area contributed by atoms with Gasteiger partial charge in [0.2, 0.25) is 5.91 Å². The molecule has 0 aliphatic heterocycles. The number of nitrogens with two attached hydrogens (primary N) is 1. The molecule has 1 atom stereocenters. The second-order valence-electron chi connectivity index (χ2n) is 5.86. The van der Waals surface area contributed by atoms with Gasteiger partial charge in [-0.3, -0.25) is 4.79 Å². The molecule has 0 saturated carbocycles. The summed E-state index contributed by atoms with van der Waals surface area (Å²) in [6, 6.07) is 14.6. The van der Waals surface area contributed by atoms with E-state index in [1.54, 1.807) is 42.5 Å². The number of nitrogens with zero attached hydrogens (tertiary/aromatic N) is 1. The highest BCUT2D eigenvalue weighted by Gasteiger charge is 2.08. The van der Waals surface area contributed by atoms with Crippen LogP contribution in [0.3, 0.4) is 0 Å². The van der Waals surface area contributed by atoms with Crippen molar-refractivity contribution in [1.82, 2.24) is 10.3 Å². The van der Waals surface area contributed by atoms with E-state index in [1.807, 2.05) is 0 Å². The minimum absolute atomic E-state index is 0.0516. The Hall–Kier alpha value is -2.74. The molecule has 3 rings (SSSR count). The van der Waals surface area contributed by atoms with Crippen molar-refractivity contribution in [2.75, 3.05) is 24.1 Å². The fourth-order valence-electron chi connectivity index (χ4n) is 2.40. The predicted molar refractivity (Wildman–Crippen MR) is 113 cm³/mol. The average Bonchev–Trinajstić information content (AvgIpc) is 3.22. The predicted octanol–water partition coefficient (Wildman–Crippen LogP) is 2.77. The van der Waals surface area contributed by atoms with E-state index in [-0.39, 0.29) is 22.9 Å². The summed E-state index contributed by atoms with van der Waals surface area (Å²) in [4.78, 5) is 16.2. The number of anilines is 2. The maximum Gasteiger partial charge on any atom is 0.230 e. The Labute approximate surface area is 175 Å². The van der Waals surface area contributed by atoms with Crippen LogP contribution in [-0.4, -0.2) is 29.0 Å². The number of aromatic nitrogens is 1. The van der Waals surface area contributed by atoms with Crippen molar-refractivity contribution < 1.29 is 16.8 Å². The summed E-state index contributed by atoms with van der Waals surface area (Å²) in [7, 11) is 0. The van der Waals surface area contributed by atoms with Crippen LogP contribution < -0.4 is 16.4 Å². The van der Waals surface area contributed by atoms with Crippen LogP contribution in [0.4, 0.5) is 10.8 Å². The first kappa shape index (κ1) is 14.3. The van der Waals surface area contributed by atoms with Gasteiger partial charge in [-0.25, -0.2) is 4.98 Å². The van der Waals surface area contributed by atoms with Gasteiger partial charge in [0.25, 0.3) is 0 Å². The van der Waals surface area contributed by atoms with Gasteiger partial charge in [-0.1, -0.05) is 42.5 Å². The third kappa shape index (κ3) is 6.16. The molecule has 146 valence electrons. The third-order valence-electron chi connectivity index (χ3n) is 3.77. The molecule has 0 unspecified atom stereocenters.